The molecule has 2 aromatic rings. The molecule has 1 aromatic carbocycles. The number of benzene rings is 1. The molecular weight excluding hydrogens is 174 g/mol. The molecule has 3 rings (SSSR count). The van der Waals surface area contributed by atoms with Crippen molar-refractivity contribution in [2.24, 2.45) is 7.05 Å². The van der Waals surface area contributed by atoms with Crippen LogP contribution in [0.3, 0.4) is 0 Å². The van der Waals surface area contributed by atoms with Crippen LogP contribution in [0.15, 0.2) is 30.5 Å². The summed E-state index contributed by atoms with van der Waals surface area (Å²) in [7, 11) is 2.08. The van der Waals surface area contributed by atoms with Crippen LogP contribution in [0.1, 0.15) is 5.56 Å². The summed E-state index contributed by atoms with van der Waals surface area (Å²) in [6, 6.07) is 8.79. The summed E-state index contributed by atoms with van der Waals surface area (Å²) in [4.78, 5) is 0. The summed E-state index contributed by atoms with van der Waals surface area (Å²) >= 11 is 0. The Morgan fingerprint density at radius 1 is 1.43 bits per heavy atom. The van der Waals surface area contributed by atoms with Crippen molar-refractivity contribution in [1.82, 2.24) is 4.57 Å². The number of aromatic nitrogens is 1. The topological polar surface area (TPSA) is 17.5 Å². The first-order valence-electron chi connectivity index (χ1n) is 4.98. The molecule has 0 aliphatic carbocycles. The molecule has 1 saturated heterocycles. The molecule has 0 spiro atoms. The van der Waals surface area contributed by atoms with Gasteiger partial charge >= 0.3 is 0 Å². The molecule has 1 aliphatic rings. The molecule has 1 fully saturated rings. The van der Waals surface area contributed by atoms with Crippen molar-refractivity contribution < 1.29 is 4.74 Å². The zero-order valence-electron chi connectivity index (χ0n) is 8.23. The molecule has 0 saturated carbocycles. The van der Waals surface area contributed by atoms with Crippen LogP contribution in [0.4, 0.5) is 0 Å². The summed E-state index contributed by atoms with van der Waals surface area (Å²) in [6.45, 7) is 0.936. The minimum Gasteiger partial charge on any atom is -0.373 e. The van der Waals surface area contributed by atoms with Gasteiger partial charge in [-0.05, 0) is 23.1 Å². The Morgan fingerprint density at radius 3 is 3.07 bits per heavy atom. The molecule has 1 unspecified atom stereocenters. The highest BCUT2D eigenvalue weighted by Crippen LogP contribution is 2.21. The maximum absolute atomic E-state index is 5.23. The van der Waals surface area contributed by atoms with E-state index in [2.05, 4.69) is 42.1 Å². The van der Waals surface area contributed by atoms with Gasteiger partial charge in [-0.3, -0.25) is 0 Å². The van der Waals surface area contributed by atoms with Crippen molar-refractivity contribution in [1.29, 1.82) is 0 Å². The van der Waals surface area contributed by atoms with E-state index in [0.717, 1.165) is 13.0 Å². The third kappa shape index (κ3) is 1.32. The minimum absolute atomic E-state index is 0.479. The van der Waals surface area contributed by atoms with Gasteiger partial charge in [0, 0.05) is 25.2 Å². The van der Waals surface area contributed by atoms with E-state index in [0.29, 0.717) is 6.10 Å². The maximum atomic E-state index is 5.23. The lowest BCUT2D eigenvalue weighted by atomic mass is 10.1. The van der Waals surface area contributed by atoms with Gasteiger partial charge in [0.15, 0.2) is 0 Å². The molecule has 0 bridgehead atoms. The lowest BCUT2D eigenvalue weighted by Crippen LogP contribution is -1.93. The normalized spacial score (nSPS) is 20.2. The highest BCUT2D eigenvalue weighted by molar-refractivity contribution is 5.80. The standard InChI is InChI=1S/C12H13NO/c1-13-5-4-10-3-2-9(7-12(10)13)6-11-8-14-11/h2-5,7,11H,6,8H2,1H3. The summed E-state index contributed by atoms with van der Waals surface area (Å²) in [5.41, 5.74) is 2.69. The first-order chi connectivity index (χ1) is 6.83. The van der Waals surface area contributed by atoms with Crippen LogP contribution < -0.4 is 0 Å². The van der Waals surface area contributed by atoms with Crippen molar-refractivity contribution in [3.8, 4) is 0 Å². The average molecular weight is 187 g/mol. The Kier molecular flexibility index (Phi) is 1.64. The highest BCUT2D eigenvalue weighted by atomic mass is 16.6. The van der Waals surface area contributed by atoms with E-state index in [1.54, 1.807) is 0 Å². The van der Waals surface area contributed by atoms with Crippen molar-refractivity contribution in [2.45, 2.75) is 12.5 Å². The lowest BCUT2D eigenvalue weighted by molar-refractivity contribution is 0.407. The Bertz CT molecular complexity index is 468. The van der Waals surface area contributed by atoms with E-state index in [4.69, 9.17) is 4.74 Å². The highest BCUT2D eigenvalue weighted by Gasteiger charge is 2.22. The number of rotatable bonds is 2. The van der Waals surface area contributed by atoms with Crippen molar-refractivity contribution in [3.63, 3.8) is 0 Å². The van der Waals surface area contributed by atoms with E-state index >= 15 is 0 Å². The molecule has 0 radical (unpaired) electrons. The van der Waals surface area contributed by atoms with E-state index in [1.807, 2.05) is 0 Å². The van der Waals surface area contributed by atoms with Crippen LogP contribution in [0.5, 0.6) is 0 Å². The molecule has 72 valence electrons. The Balaban J connectivity index is 2.03. The van der Waals surface area contributed by atoms with E-state index in [-0.39, 0.29) is 0 Å². The van der Waals surface area contributed by atoms with Crippen LogP contribution in [-0.4, -0.2) is 17.3 Å². The lowest BCUT2D eigenvalue weighted by Gasteiger charge is -2.00. The van der Waals surface area contributed by atoms with E-state index < -0.39 is 0 Å². The fourth-order valence-electron chi connectivity index (χ4n) is 1.88. The van der Waals surface area contributed by atoms with Crippen molar-refractivity contribution in [2.75, 3.05) is 6.61 Å². The molecule has 14 heavy (non-hydrogen) atoms. The number of fused-ring (bicyclic) bond motifs is 1. The Labute approximate surface area is 83.1 Å². The van der Waals surface area contributed by atoms with Crippen molar-refractivity contribution in [3.05, 3.63) is 36.0 Å². The summed E-state index contributed by atoms with van der Waals surface area (Å²) < 4.78 is 7.39. The molecule has 2 nitrogen and oxygen atoms in total. The zero-order valence-corrected chi connectivity index (χ0v) is 8.23. The monoisotopic (exact) mass is 187 g/mol. The number of epoxide rings is 1. The van der Waals surface area contributed by atoms with Crippen LogP contribution in [0.25, 0.3) is 10.9 Å². The summed E-state index contributed by atoms with van der Waals surface area (Å²) in [5, 5.41) is 1.31. The smallest absolute Gasteiger partial charge is 0.0850 e. The predicted octanol–water partition coefficient (Wildman–Crippen LogP) is 2.12. The average Bonchev–Trinajstić information content (AvgIpc) is 2.92. The zero-order chi connectivity index (χ0) is 9.54. The SMILES string of the molecule is Cn1ccc2ccc(CC3CO3)cc21. The largest absolute Gasteiger partial charge is 0.373 e. The molecule has 2 heteroatoms. The van der Waals surface area contributed by atoms with E-state index in [1.165, 1.54) is 16.5 Å². The number of hydrogen-bond acceptors (Lipinski definition) is 1. The third-order valence-corrected chi connectivity index (χ3v) is 2.82. The van der Waals surface area contributed by atoms with Gasteiger partial charge in [-0.15, -0.1) is 0 Å². The van der Waals surface area contributed by atoms with Crippen molar-refractivity contribution >= 4 is 10.9 Å². The van der Waals surface area contributed by atoms with Gasteiger partial charge in [0.05, 0.1) is 12.7 Å². The third-order valence-electron chi connectivity index (χ3n) is 2.82. The van der Waals surface area contributed by atoms with Crippen LogP contribution in [-0.2, 0) is 18.2 Å². The molecule has 0 N–H and O–H groups in total. The van der Waals surface area contributed by atoms with Gasteiger partial charge in [0.25, 0.3) is 0 Å². The second kappa shape index (κ2) is 2.85. The first kappa shape index (κ1) is 8.06. The number of ether oxygens (including phenoxy) is 1. The number of nitrogens with zero attached hydrogens (tertiary/aromatic N) is 1. The van der Waals surface area contributed by atoms with Crippen LogP contribution >= 0.6 is 0 Å². The van der Waals surface area contributed by atoms with Crippen LogP contribution in [0.2, 0.25) is 0 Å². The fourth-order valence-corrected chi connectivity index (χ4v) is 1.88. The number of hydrogen-bond donors (Lipinski definition) is 0. The van der Waals surface area contributed by atoms with Gasteiger partial charge < -0.3 is 9.30 Å². The maximum Gasteiger partial charge on any atom is 0.0850 e. The van der Waals surface area contributed by atoms with Gasteiger partial charge in [0.1, 0.15) is 0 Å². The molecular formula is C12H13NO. The van der Waals surface area contributed by atoms with Gasteiger partial charge in [0.2, 0.25) is 0 Å². The summed E-state index contributed by atoms with van der Waals surface area (Å²) in [5.74, 6) is 0. The van der Waals surface area contributed by atoms with Gasteiger partial charge in [-0.2, -0.15) is 0 Å². The first-order valence-corrected chi connectivity index (χ1v) is 4.98. The molecule has 1 aliphatic heterocycles. The fraction of sp³-hybridized carbons (Fsp3) is 0.333. The second-order valence-corrected chi connectivity index (χ2v) is 3.98. The second-order valence-electron chi connectivity index (χ2n) is 3.98. The number of aryl methyl sites for hydroxylation is 1. The Hall–Kier alpha value is -1.28. The van der Waals surface area contributed by atoms with Crippen LogP contribution in [0, 0.1) is 0 Å². The quantitative estimate of drug-likeness (QED) is 0.658. The molecule has 0 amide bonds. The summed E-state index contributed by atoms with van der Waals surface area (Å²) in [6.07, 6.45) is 3.64. The Morgan fingerprint density at radius 2 is 2.29 bits per heavy atom. The minimum atomic E-state index is 0.479. The van der Waals surface area contributed by atoms with E-state index in [9.17, 15) is 0 Å². The van der Waals surface area contributed by atoms with Gasteiger partial charge in [-0.1, -0.05) is 12.1 Å². The molecule has 1 atom stereocenters. The molecule has 1 aromatic heterocycles. The van der Waals surface area contributed by atoms with Gasteiger partial charge in [-0.25, -0.2) is 0 Å². The molecule has 2 heterocycles. The predicted molar refractivity (Wildman–Crippen MR) is 56.4 cm³/mol.